The summed E-state index contributed by atoms with van der Waals surface area (Å²) in [6.45, 7) is 6.33. The number of hydrogen-bond donors (Lipinski definition) is 1. The van der Waals surface area contributed by atoms with Crippen molar-refractivity contribution < 1.29 is 0 Å². The van der Waals surface area contributed by atoms with Gasteiger partial charge < -0.3 is 10.2 Å². The number of anilines is 3. The molecule has 6 heteroatoms. The summed E-state index contributed by atoms with van der Waals surface area (Å²) in [6.07, 6.45) is 2.39. The van der Waals surface area contributed by atoms with Crippen molar-refractivity contribution in [1.29, 1.82) is 0 Å². The van der Waals surface area contributed by atoms with Crippen LogP contribution in [0.25, 0.3) is 0 Å². The molecule has 3 rings (SSSR count). The number of hydrogen-bond acceptors (Lipinski definition) is 4. The van der Waals surface area contributed by atoms with Crippen molar-refractivity contribution in [3.05, 3.63) is 40.0 Å². The molecule has 0 amide bonds. The highest BCUT2D eigenvalue weighted by molar-refractivity contribution is 6.39. The van der Waals surface area contributed by atoms with Gasteiger partial charge in [-0.3, -0.25) is 0 Å². The standard InChI is InChI=1S/C17H20Cl2N4/c1-11-6-8-23(9-7-11)15-10-12(2)20-17(21-15)22-16-13(18)4-3-5-14(16)19/h3-5,10-11H,6-9H2,1-2H3,(H,20,21,22). The van der Waals surface area contributed by atoms with Crippen molar-refractivity contribution >= 4 is 40.7 Å². The fourth-order valence-corrected chi connectivity index (χ4v) is 3.23. The fourth-order valence-electron chi connectivity index (χ4n) is 2.74. The van der Waals surface area contributed by atoms with E-state index in [1.54, 1.807) is 12.1 Å². The molecule has 1 fully saturated rings. The Morgan fingerprint density at radius 1 is 1.13 bits per heavy atom. The molecular formula is C17H20Cl2N4. The number of benzene rings is 1. The summed E-state index contributed by atoms with van der Waals surface area (Å²) in [7, 11) is 0. The molecule has 1 saturated heterocycles. The summed E-state index contributed by atoms with van der Waals surface area (Å²) in [4.78, 5) is 11.4. The van der Waals surface area contributed by atoms with Crippen LogP contribution in [0.1, 0.15) is 25.5 Å². The minimum atomic E-state index is 0.522. The van der Waals surface area contributed by atoms with Crippen LogP contribution in [-0.4, -0.2) is 23.1 Å². The molecule has 1 aliphatic rings. The largest absolute Gasteiger partial charge is 0.356 e. The van der Waals surface area contributed by atoms with E-state index in [4.69, 9.17) is 23.2 Å². The molecule has 1 N–H and O–H groups in total. The molecule has 23 heavy (non-hydrogen) atoms. The van der Waals surface area contributed by atoms with E-state index in [2.05, 4.69) is 27.1 Å². The lowest BCUT2D eigenvalue weighted by Gasteiger charge is -2.31. The Hall–Kier alpha value is -1.52. The predicted octanol–water partition coefficient (Wildman–Crippen LogP) is 5.07. The van der Waals surface area contributed by atoms with Crippen LogP contribution in [0.3, 0.4) is 0 Å². The molecule has 0 spiro atoms. The summed E-state index contributed by atoms with van der Waals surface area (Å²) in [6, 6.07) is 7.42. The normalized spacial score (nSPS) is 15.7. The zero-order valence-corrected chi connectivity index (χ0v) is 14.8. The van der Waals surface area contributed by atoms with Crippen LogP contribution in [0.5, 0.6) is 0 Å². The summed E-state index contributed by atoms with van der Waals surface area (Å²) in [5, 5.41) is 4.26. The third-order valence-corrected chi connectivity index (χ3v) is 4.78. The third kappa shape index (κ3) is 3.88. The van der Waals surface area contributed by atoms with E-state index in [1.165, 1.54) is 12.8 Å². The Labute approximate surface area is 146 Å². The Kier molecular flexibility index (Phi) is 4.93. The predicted molar refractivity (Wildman–Crippen MR) is 97.1 cm³/mol. The van der Waals surface area contributed by atoms with Gasteiger partial charge in [0.05, 0.1) is 15.7 Å². The maximum absolute atomic E-state index is 6.21. The van der Waals surface area contributed by atoms with Crippen molar-refractivity contribution in [2.24, 2.45) is 5.92 Å². The third-order valence-electron chi connectivity index (χ3n) is 4.15. The van der Waals surface area contributed by atoms with Crippen molar-refractivity contribution in [1.82, 2.24) is 9.97 Å². The summed E-state index contributed by atoms with van der Waals surface area (Å²) in [5.74, 6) is 2.26. The lowest BCUT2D eigenvalue weighted by molar-refractivity contribution is 0.436. The van der Waals surface area contributed by atoms with Gasteiger partial charge in [-0.1, -0.05) is 36.2 Å². The highest BCUT2D eigenvalue weighted by atomic mass is 35.5. The first-order chi connectivity index (χ1) is 11.0. The van der Waals surface area contributed by atoms with Crippen molar-refractivity contribution in [2.45, 2.75) is 26.7 Å². The van der Waals surface area contributed by atoms with Gasteiger partial charge in [0.15, 0.2) is 0 Å². The van der Waals surface area contributed by atoms with Crippen molar-refractivity contribution in [3.63, 3.8) is 0 Å². The lowest BCUT2D eigenvalue weighted by Crippen LogP contribution is -2.33. The molecule has 4 nitrogen and oxygen atoms in total. The van der Waals surface area contributed by atoms with Gasteiger partial charge in [0.25, 0.3) is 0 Å². The van der Waals surface area contributed by atoms with Crippen LogP contribution in [0.4, 0.5) is 17.5 Å². The summed E-state index contributed by atoms with van der Waals surface area (Å²) >= 11 is 12.4. The number of nitrogens with one attached hydrogen (secondary N) is 1. The van der Waals surface area contributed by atoms with Gasteiger partial charge in [-0.2, -0.15) is 4.98 Å². The molecule has 0 saturated carbocycles. The van der Waals surface area contributed by atoms with E-state index in [-0.39, 0.29) is 0 Å². The molecule has 1 aromatic carbocycles. The minimum Gasteiger partial charge on any atom is -0.356 e. The number of piperidine rings is 1. The highest BCUT2D eigenvalue weighted by Crippen LogP contribution is 2.32. The number of halogens is 2. The second-order valence-electron chi connectivity index (χ2n) is 6.08. The van der Waals surface area contributed by atoms with Crippen LogP contribution in [0.2, 0.25) is 10.0 Å². The average molecular weight is 351 g/mol. The van der Waals surface area contributed by atoms with Gasteiger partial charge in [-0.05, 0) is 37.8 Å². The lowest BCUT2D eigenvalue weighted by atomic mass is 9.99. The van der Waals surface area contributed by atoms with Gasteiger partial charge in [-0.25, -0.2) is 4.98 Å². The van der Waals surface area contributed by atoms with Crippen LogP contribution in [0, 0.1) is 12.8 Å². The van der Waals surface area contributed by atoms with Gasteiger partial charge in [0.1, 0.15) is 5.82 Å². The van der Waals surface area contributed by atoms with E-state index in [0.717, 1.165) is 30.5 Å². The number of aryl methyl sites for hydroxylation is 1. The molecule has 1 aliphatic heterocycles. The second kappa shape index (κ2) is 6.93. The van der Waals surface area contributed by atoms with Crippen LogP contribution in [0.15, 0.2) is 24.3 Å². The zero-order chi connectivity index (χ0) is 16.4. The van der Waals surface area contributed by atoms with E-state index in [9.17, 15) is 0 Å². The van der Waals surface area contributed by atoms with Crippen LogP contribution < -0.4 is 10.2 Å². The van der Waals surface area contributed by atoms with E-state index in [1.807, 2.05) is 19.1 Å². The molecule has 2 heterocycles. The molecule has 0 bridgehead atoms. The van der Waals surface area contributed by atoms with Crippen LogP contribution >= 0.6 is 23.2 Å². The van der Waals surface area contributed by atoms with E-state index >= 15 is 0 Å². The number of aromatic nitrogens is 2. The first kappa shape index (κ1) is 16.3. The Balaban J connectivity index is 1.86. The SMILES string of the molecule is Cc1cc(N2CCC(C)CC2)nc(Nc2c(Cl)cccc2Cl)n1. The maximum atomic E-state index is 6.21. The Morgan fingerprint density at radius 3 is 2.43 bits per heavy atom. The number of para-hydroxylation sites is 1. The number of rotatable bonds is 3. The molecule has 0 radical (unpaired) electrons. The topological polar surface area (TPSA) is 41.1 Å². The highest BCUT2D eigenvalue weighted by Gasteiger charge is 2.18. The zero-order valence-electron chi connectivity index (χ0n) is 13.3. The smallest absolute Gasteiger partial charge is 0.229 e. The molecule has 0 atom stereocenters. The van der Waals surface area contributed by atoms with E-state index in [0.29, 0.717) is 21.7 Å². The summed E-state index contributed by atoms with van der Waals surface area (Å²) in [5.41, 5.74) is 1.55. The Morgan fingerprint density at radius 2 is 1.78 bits per heavy atom. The van der Waals surface area contributed by atoms with Crippen molar-refractivity contribution in [3.8, 4) is 0 Å². The van der Waals surface area contributed by atoms with Crippen molar-refractivity contribution in [2.75, 3.05) is 23.3 Å². The van der Waals surface area contributed by atoms with Gasteiger partial charge >= 0.3 is 0 Å². The second-order valence-corrected chi connectivity index (χ2v) is 6.90. The first-order valence-electron chi connectivity index (χ1n) is 7.84. The molecule has 2 aromatic rings. The summed E-state index contributed by atoms with van der Waals surface area (Å²) < 4.78 is 0. The Bertz CT molecular complexity index is 677. The van der Waals surface area contributed by atoms with Crippen LogP contribution in [-0.2, 0) is 0 Å². The minimum absolute atomic E-state index is 0.522. The van der Waals surface area contributed by atoms with Gasteiger partial charge in [-0.15, -0.1) is 0 Å². The fraction of sp³-hybridized carbons (Fsp3) is 0.412. The number of nitrogens with zero attached hydrogens (tertiary/aromatic N) is 3. The quantitative estimate of drug-likeness (QED) is 0.838. The van der Waals surface area contributed by atoms with Gasteiger partial charge in [0.2, 0.25) is 5.95 Å². The molecule has 0 unspecified atom stereocenters. The van der Waals surface area contributed by atoms with E-state index < -0.39 is 0 Å². The molecule has 0 aliphatic carbocycles. The maximum Gasteiger partial charge on any atom is 0.229 e. The average Bonchev–Trinajstić information content (AvgIpc) is 2.51. The molecule has 1 aromatic heterocycles. The molecule has 122 valence electrons. The first-order valence-corrected chi connectivity index (χ1v) is 8.60. The molecular weight excluding hydrogens is 331 g/mol. The monoisotopic (exact) mass is 350 g/mol. The van der Waals surface area contributed by atoms with Gasteiger partial charge in [0, 0.05) is 24.8 Å².